The number of halogens is 1. The van der Waals surface area contributed by atoms with E-state index in [-0.39, 0.29) is 30.4 Å². The first-order valence-corrected chi connectivity index (χ1v) is 9.96. The lowest BCUT2D eigenvalue weighted by Gasteiger charge is -2.15. The van der Waals surface area contributed by atoms with E-state index in [2.05, 4.69) is 10.3 Å². The van der Waals surface area contributed by atoms with Crippen LogP contribution in [0.4, 0.5) is 4.39 Å². The number of ether oxygens (including phenoxy) is 2. The summed E-state index contributed by atoms with van der Waals surface area (Å²) in [4.78, 5) is 28.9. The normalized spacial score (nSPS) is 11.6. The fraction of sp³-hybridized carbons (Fsp3) is 0.261. The van der Waals surface area contributed by atoms with Crippen LogP contribution in [0.25, 0.3) is 11.3 Å². The lowest BCUT2D eigenvalue weighted by molar-refractivity contribution is -0.127. The fourth-order valence-electron chi connectivity index (χ4n) is 2.85. The van der Waals surface area contributed by atoms with Gasteiger partial charge >= 0.3 is 0 Å². The quantitative estimate of drug-likeness (QED) is 0.570. The molecule has 0 radical (unpaired) electrons. The third-order valence-corrected chi connectivity index (χ3v) is 4.49. The van der Waals surface area contributed by atoms with Crippen molar-refractivity contribution in [2.45, 2.75) is 26.5 Å². The second-order valence-electron chi connectivity index (χ2n) is 6.77. The van der Waals surface area contributed by atoms with Crippen molar-refractivity contribution in [1.29, 1.82) is 0 Å². The van der Waals surface area contributed by atoms with Gasteiger partial charge in [0.1, 0.15) is 17.3 Å². The molecule has 0 fully saturated rings. The number of hydrogen-bond donors (Lipinski definition) is 1. The number of carbonyl (C=O) groups is 1. The van der Waals surface area contributed by atoms with Crippen molar-refractivity contribution in [3.63, 3.8) is 0 Å². The van der Waals surface area contributed by atoms with Crippen LogP contribution >= 0.6 is 0 Å². The number of benzene rings is 2. The number of aromatic nitrogens is 2. The predicted molar refractivity (Wildman–Crippen MR) is 115 cm³/mol. The minimum absolute atomic E-state index is 0.219. The van der Waals surface area contributed by atoms with E-state index >= 15 is 0 Å². The number of carbonyl (C=O) groups excluding carboxylic acids is 1. The van der Waals surface area contributed by atoms with E-state index in [0.29, 0.717) is 18.1 Å². The van der Waals surface area contributed by atoms with Crippen LogP contribution < -0.4 is 20.3 Å². The summed E-state index contributed by atoms with van der Waals surface area (Å²) in [5, 5.41) is 2.71. The summed E-state index contributed by atoms with van der Waals surface area (Å²) in [5.41, 5.74) is 1.16. The molecule has 162 valence electrons. The van der Waals surface area contributed by atoms with E-state index < -0.39 is 6.10 Å². The summed E-state index contributed by atoms with van der Waals surface area (Å²) in [7, 11) is 0. The summed E-state index contributed by atoms with van der Waals surface area (Å²) in [5.74, 6) is 0.440. The maximum Gasteiger partial charge on any atom is 0.260 e. The SMILES string of the molecule is CCOc1ccc(-c2cc(=O)n(CCNC(=O)C(C)Oc3ccc(F)cc3)cn2)cc1. The van der Waals surface area contributed by atoms with Crippen molar-refractivity contribution in [2.24, 2.45) is 0 Å². The second kappa shape index (κ2) is 10.4. The lowest BCUT2D eigenvalue weighted by Crippen LogP contribution is -2.38. The molecule has 0 saturated carbocycles. The van der Waals surface area contributed by atoms with E-state index in [4.69, 9.17) is 9.47 Å². The molecule has 0 saturated heterocycles. The molecule has 1 atom stereocenters. The van der Waals surface area contributed by atoms with E-state index in [1.165, 1.54) is 41.2 Å². The Morgan fingerprint density at radius 3 is 2.45 bits per heavy atom. The highest BCUT2D eigenvalue weighted by Crippen LogP contribution is 2.19. The number of amides is 1. The molecule has 0 aliphatic carbocycles. The Hall–Kier alpha value is -3.68. The van der Waals surface area contributed by atoms with Gasteiger partial charge in [0.2, 0.25) is 0 Å². The highest BCUT2D eigenvalue weighted by Gasteiger charge is 2.14. The van der Waals surface area contributed by atoms with Crippen molar-refractivity contribution in [3.05, 3.63) is 77.1 Å². The van der Waals surface area contributed by atoms with Crippen LogP contribution in [0.15, 0.2) is 65.7 Å². The van der Waals surface area contributed by atoms with Crippen molar-refractivity contribution >= 4 is 5.91 Å². The van der Waals surface area contributed by atoms with Crippen molar-refractivity contribution in [2.75, 3.05) is 13.2 Å². The molecule has 3 aromatic rings. The smallest absolute Gasteiger partial charge is 0.260 e. The predicted octanol–water partition coefficient (Wildman–Crippen LogP) is 3.03. The lowest BCUT2D eigenvalue weighted by atomic mass is 10.1. The number of rotatable bonds is 9. The molecule has 1 unspecified atom stereocenters. The highest BCUT2D eigenvalue weighted by atomic mass is 19.1. The molecular formula is C23H24FN3O4. The van der Waals surface area contributed by atoms with Gasteiger partial charge in [0.25, 0.3) is 11.5 Å². The molecule has 1 aromatic heterocycles. The van der Waals surface area contributed by atoms with Gasteiger partial charge < -0.3 is 14.8 Å². The van der Waals surface area contributed by atoms with Crippen molar-refractivity contribution in [3.8, 4) is 22.8 Å². The summed E-state index contributed by atoms with van der Waals surface area (Å²) in [6.07, 6.45) is 0.695. The second-order valence-corrected chi connectivity index (χ2v) is 6.77. The summed E-state index contributed by atoms with van der Waals surface area (Å²) in [6, 6.07) is 14.2. The van der Waals surface area contributed by atoms with Gasteiger partial charge in [-0.15, -0.1) is 0 Å². The first kappa shape index (κ1) is 22.0. The standard InChI is InChI=1S/C23H24FN3O4/c1-3-30-19-8-4-17(5-9-19)21-14-22(28)27(15-26-21)13-12-25-23(29)16(2)31-20-10-6-18(24)7-11-20/h4-11,14-16H,3,12-13H2,1-2H3,(H,25,29). The zero-order valence-corrected chi connectivity index (χ0v) is 17.4. The zero-order chi connectivity index (χ0) is 22.2. The molecule has 3 rings (SSSR count). The Bertz CT molecular complexity index is 1070. The van der Waals surface area contributed by atoms with Crippen LogP contribution in [0, 0.1) is 5.82 Å². The molecule has 1 heterocycles. The van der Waals surface area contributed by atoms with Crippen LogP contribution in [-0.4, -0.2) is 34.7 Å². The van der Waals surface area contributed by atoms with Crippen LogP contribution in [0.1, 0.15) is 13.8 Å². The van der Waals surface area contributed by atoms with Crippen molar-refractivity contribution < 1.29 is 18.7 Å². The summed E-state index contributed by atoms with van der Waals surface area (Å²) >= 11 is 0. The van der Waals surface area contributed by atoms with Crippen LogP contribution in [0.3, 0.4) is 0 Å². The van der Waals surface area contributed by atoms with E-state index in [0.717, 1.165) is 11.3 Å². The Morgan fingerprint density at radius 1 is 1.13 bits per heavy atom. The largest absolute Gasteiger partial charge is 0.494 e. The van der Waals surface area contributed by atoms with Gasteiger partial charge in [-0.05, 0) is 62.4 Å². The van der Waals surface area contributed by atoms with E-state index in [1.54, 1.807) is 6.92 Å². The van der Waals surface area contributed by atoms with E-state index in [1.807, 2.05) is 31.2 Å². The molecule has 0 aliphatic heterocycles. The molecule has 8 heteroatoms. The summed E-state index contributed by atoms with van der Waals surface area (Å²) < 4.78 is 25.2. The van der Waals surface area contributed by atoms with Gasteiger partial charge in [0, 0.05) is 24.7 Å². The van der Waals surface area contributed by atoms with Crippen molar-refractivity contribution in [1.82, 2.24) is 14.9 Å². The molecule has 31 heavy (non-hydrogen) atoms. The average molecular weight is 425 g/mol. The molecular weight excluding hydrogens is 401 g/mol. The monoisotopic (exact) mass is 425 g/mol. The van der Waals surface area contributed by atoms with Crippen LogP contribution in [0.2, 0.25) is 0 Å². The molecule has 1 amide bonds. The molecule has 2 aromatic carbocycles. The number of nitrogens with one attached hydrogen (secondary N) is 1. The van der Waals surface area contributed by atoms with Gasteiger partial charge in [-0.1, -0.05) is 0 Å². The Morgan fingerprint density at radius 2 is 1.81 bits per heavy atom. The molecule has 0 aliphatic rings. The zero-order valence-electron chi connectivity index (χ0n) is 17.4. The van der Waals surface area contributed by atoms with Crippen LogP contribution in [0.5, 0.6) is 11.5 Å². The van der Waals surface area contributed by atoms with Gasteiger partial charge in [0.05, 0.1) is 18.6 Å². The minimum Gasteiger partial charge on any atom is -0.494 e. The third kappa shape index (κ3) is 6.15. The first-order valence-electron chi connectivity index (χ1n) is 9.96. The van der Waals surface area contributed by atoms with Gasteiger partial charge in [0.15, 0.2) is 6.10 Å². The van der Waals surface area contributed by atoms with Gasteiger partial charge in [-0.3, -0.25) is 14.2 Å². The molecule has 1 N–H and O–H groups in total. The molecule has 0 spiro atoms. The maximum atomic E-state index is 12.9. The average Bonchev–Trinajstić information content (AvgIpc) is 2.77. The van der Waals surface area contributed by atoms with Gasteiger partial charge in [-0.25, -0.2) is 9.37 Å². The Kier molecular flexibility index (Phi) is 7.37. The third-order valence-electron chi connectivity index (χ3n) is 4.49. The topological polar surface area (TPSA) is 82.5 Å². The number of nitrogens with zero attached hydrogens (tertiary/aromatic N) is 2. The maximum absolute atomic E-state index is 12.9. The number of hydrogen-bond acceptors (Lipinski definition) is 5. The summed E-state index contributed by atoms with van der Waals surface area (Å²) in [6.45, 7) is 4.60. The fourth-order valence-corrected chi connectivity index (χ4v) is 2.85. The minimum atomic E-state index is -0.762. The molecule has 0 bridgehead atoms. The molecule has 7 nitrogen and oxygen atoms in total. The van der Waals surface area contributed by atoms with E-state index in [9.17, 15) is 14.0 Å². The van der Waals surface area contributed by atoms with Crippen LogP contribution in [-0.2, 0) is 11.3 Å². The first-order chi connectivity index (χ1) is 15.0. The Labute approximate surface area is 179 Å². The van der Waals surface area contributed by atoms with Gasteiger partial charge in [-0.2, -0.15) is 0 Å². The highest BCUT2D eigenvalue weighted by molar-refractivity contribution is 5.80. The Balaban J connectivity index is 1.52.